The topological polar surface area (TPSA) is 91.4 Å². The van der Waals surface area contributed by atoms with E-state index in [-0.39, 0.29) is 12.3 Å². The molecule has 0 unspecified atom stereocenters. The molecule has 0 atom stereocenters. The minimum absolute atomic E-state index is 0.150. The van der Waals surface area contributed by atoms with E-state index in [1.807, 2.05) is 6.92 Å². The van der Waals surface area contributed by atoms with E-state index in [0.717, 1.165) is 29.7 Å². The average molecular weight is 324 g/mol. The number of halogens is 2. The van der Waals surface area contributed by atoms with Crippen LogP contribution in [0.2, 0.25) is 0 Å². The highest BCUT2D eigenvalue weighted by atomic mass is 32.2. The molecule has 0 saturated carbocycles. The summed E-state index contributed by atoms with van der Waals surface area (Å²) in [5.41, 5.74) is -0.254. The van der Waals surface area contributed by atoms with Crippen LogP contribution in [0.1, 0.15) is 36.7 Å². The van der Waals surface area contributed by atoms with Gasteiger partial charge in [0.2, 0.25) is 10.0 Å². The van der Waals surface area contributed by atoms with Crippen LogP contribution in [-0.4, -0.2) is 32.0 Å². The molecule has 0 saturated heterocycles. The largest absolute Gasteiger partial charge is 0.461 e. The Morgan fingerprint density at radius 2 is 2.10 bits per heavy atom. The molecule has 0 aliphatic carbocycles. The molecule has 0 fully saturated rings. The Hall–Kier alpha value is -1.48. The molecule has 1 aromatic rings. The number of rotatable bonds is 8. The van der Waals surface area contributed by atoms with Gasteiger partial charge in [0.25, 0.3) is 6.43 Å². The summed E-state index contributed by atoms with van der Waals surface area (Å²) in [4.78, 5) is 11.4. The summed E-state index contributed by atoms with van der Waals surface area (Å²) < 4.78 is 53.2. The quantitative estimate of drug-likeness (QED) is 0.582. The van der Waals surface area contributed by atoms with E-state index in [1.165, 1.54) is 0 Å². The molecule has 0 aromatic carbocycles. The zero-order valence-corrected chi connectivity index (χ0v) is 12.4. The second-order valence-corrected chi connectivity index (χ2v) is 6.05. The van der Waals surface area contributed by atoms with Gasteiger partial charge in [-0.05, 0) is 12.5 Å². The molecule has 6 nitrogen and oxygen atoms in total. The lowest BCUT2D eigenvalue weighted by atomic mass is 10.3. The number of esters is 1. The van der Waals surface area contributed by atoms with E-state index in [9.17, 15) is 22.0 Å². The third-order valence-corrected chi connectivity index (χ3v) is 3.61. The lowest BCUT2D eigenvalue weighted by Gasteiger charge is -2.08. The molecule has 0 spiro atoms. The molecule has 1 rings (SSSR count). The summed E-state index contributed by atoms with van der Waals surface area (Å²) in [5.74, 6) is -0.846. The zero-order chi connectivity index (χ0) is 16.0. The maximum Gasteiger partial charge on any atom is 0.354 e. The Bertz CT molecular complexity index is 584. The van der Waals surface area contributed by atoms with Crippen LogP contribution in [0.25, 0.3) is 0 Å². The van der Waals surface area contributed by atoms with Crippen molar-refractivity contribution < 1.29 is 26.7 Å². The monoisotopic (exact) mass is 324 g/mol. The minimum Gasteiger partial charge on any atom is -0.461 e. The molecule has 1 heterocycles. The van der Waals surface area contributed by atoms with Gasteiger partial charge in [0.1, 0.15) is 10.6 Å². The Morgan fingerprint density at radius 1 is 1.43 bits per heavy atom. The molecule has 0 amide bonds. The minimum atomic E-state index is -4.08. The van der Waals surface area contributed by atoms with Crippen LogP contribution in [0.4, 0.5) is 8.78 Å². The van der Waals surface area contributed by atoms with Gasteiger partial charge in [-0.15, -0.1) is 0 Å². The van der Waals surface area contributed by atoms with Gasteiger partial charge in [-0.3, -0.25) is 0 Å². The normalized spacial score (nSPS) is 11.9. The van der Waals surface area contributed by atoms with Gasteiger partial charge in [0, 0.05) is 6.20 Å². The van der Waals surface area contributed by atoms with Crippen LogP contribution in [0.15, 0.2) is 17.2 Å². The fourth-order valence-electron chi connectivity index (χ4n) is 1.70. The number of hydrogen-bond donors (Lipinski definition) is 1. The van der Waals surface area contributed by atoms with Crippen molar-refractivity contribution in [2.45, 2.75) is 44.1 Å². The summed E-state index contributed by atoms with van der Waals surface area (Å²) in [5, 5.41) is 4.93. The van der Waals surface area contributed by atoms with Crippen LogP contribution in [0.3, 0.4) is 0 Å². The summed E-state index contributed by atoms with van der Waals surface area (Å²) >= 11 is 0. The number of hydrogen-bond acceptors (Lipinski definition) is 4. The molecule has 120 valence electrons. The summed E-state index contributed by atoms with van der Waals surface area (Å²) in [7, 11) is -4.08. The first kappa shape index (κ1) is 17.6. The van der Waals surface area contributed by atoms with Crippen LogP contribution in [-0.2, 0) is 21.3 Å². The number of sulfonamides is 1. The average Bonchev–Trinajstić information content (AvgIpc) is 2.77. The third-order valence-electron chi connectivity index (χ3n) is 2.72. The van der Waals surface area contributed by atoms with Crippen LogP contribution in [0.5, 0.6) is 0 Å². The van der Waals surface area contributed by atoms with Gasteiger partial charge in [-0.1, -0.05) is 19.8 Å². The number of carbonyl (C=O) groups excluding carboxylic acids is 1. The van der Waals surface area contributed by atoms with Crippen molar-refractivity contribution in [3.05, 3.63) is 18.0 Å². The van der Waals surface area contributed by atoms with Crippen molar-refractivity contribution in [1.82, 2.24) is 4.57 Å². The van der Waals surface area contributed by atoms with E-state index in [1.54, 1.807) is 0 Å². The van der Waals surface area contributed by atoms with Crippen molar-refractivity contribution in [3.8, 4) is 0 Å². The van der Waals surface area contributed by atoms with E-state index in [0.29, 0.717) is 6.42 Å². The molecular formula is C12H18F2N2O4S. The highest BCUT2D eigenvalue weighted by Crippen LogP contribution is 2.16. The second kappa shape index (κ2) is 7.51. The molecule has 0 bridgehead atoms. The van der Waals surface area contributed by atoms with Crippen molar-refractivity contribution in [2.75, 3.05) is 6.61 Å². The zero-order valence-electron chi connectivity index (χ0n) is 11.6. The van der Waals surface area contributed by atoms with Gasteiger partial charge in [-0.25, -0.2) is 27.1 Å². The highest BCUT2D eigenvalue weighted by molar-refractivity contribution is 7.89. The van der Waals surface area contributed by atoms with Gasteiger partial charge >= 0.3 is 5.97 Å². The van der Waals surface area contributed by atoms with Crippen molar-refractivity contribution in [2.24, 2.45) is 5.14 Å². The predicted octanol–water partition coefficient (Wildman–Crippen LogP) is 1.75. The standard InChI is InChI=1S/C12H18F2N2O4S/c1-2-3-4-5-20-12(17)10-6-9(21(15,18)19)7-16(10)8-11(13)14/h6-7,11H,2-5,8H2,1H3,(H2,15,18,19). The van der Waals surface area contributed by atoms with E-state index in [4.69, 9.17) is 9.88 Å². The first-order valence-electron chi connectivity index (χ1n) is 6.44. The third kappa shape index (κ3) is 5.43. The Balaban J connectivity index is 2.92. The van der Waals surface area contributed by atoms with Crippen molar-refractivity contribution in [3.63, 3.8) is 0 Å². The SMILES string of the molecule is CCCCCOC(=O)c1cc(S(N)(=O)=O)cn1CC(F)F. The Kier molecular flexibility index (Phi) is 6.28. The number of unbranched alkanes of at least 4 members (excludes halogenated alkanes) is 2. The fraction of sp³-hybridized carbons (Fsp3) is 0.583. The van der Waals surface area contributed by atoms with Crippen LogP contribution < -0.4 is 5.14 Å². The van der Waals surface area contributed by atoms with Crippen molar-refractivity contribution >= 4 is 16.0 Å². The summed E-state index contributed by atoms with van der Waals surface area (Å²) in [6, 6.07) is 0.944. The Morgan fingerprint density at radius 3 is 2.62 bits per heavy atom. The first-order chi connectivity index (χ1) is 9.75. The first-order valence-corrected chi connectivity index (χ1v) is 7.98. The predicted molar refractivity (Wildman–Crippen MR) is 71.6 cm³/mol. The number of ether oxygens (including phenoxy) is 1. The highest BCUT2D eigenvalue weighted by Gasteiger charge is 2.21. The van der Waals surface area contributed by atoms with Crippen LogP contribution >= 0.6 is 0 Å². The fourth-order valence-corrected chi connectivity index (χ4v) is 2.25. The summed E-state index contributed by atoms with van der Waals surface area (Å²) in [6.07, 6.45) is 0.629. The number of alkyl halides is 2. The van der Waals surface area contributed by atoms with Crippen LogP contribution in [0, 0.1) is 0 Å². The van der Waals surface area contributed by atoms with Crippen molar-refractivity contribution in [1.29, 1.82) is 0 Å². The number of nitrogens with zero attached hydrogens (tertiary/aromatic N) is 1. The van der Waals surface area contributed by atoms with Gasteiger partial charge in [0.05, 0.1) is 13.2 Å². The Labute approximate surface area is 121 Å². The maximum absolute atomic E-state index is 12.5. The van der Waals surface area contributed by atoms with E-state index >= 15 is 0 Å². The van der Waals surface area contributed by atoms with Gasteiger partial charge < -0.3 is 9.30 Å². The van der Waals surface area contributed by atoms with Gasteiger partial charge in [0.15, 0.2) is 0 Å². The molecule has 9 heteroatoms. The van der Waals surface area contributed by atoms with E-state index < -0.39 is 33.9 Å². The molecule has 1 aromatic heterocycles. The molecule has 0 aliphatic heterocycles. The smallest absolute Gasteiger partial charge is 0.354 e. The molecule has 0 aliphatic rings. The summed E-state index contributed by atoms with van der Waals surface area (Å²) in [6.45, 7) is 1.32. The number of aromatic nitrogens is 1. The molecule has 0 radical (unpaired) electrons. The maximum atomic E-state index is 12.5. The number of nitrogens with two attached hydrogens (primary N) is 1. The number of primary sulfonamides is 1. The lowest BCUT2D eigenvalue weighted by Crippen LogP contribution is -2.15. The molecular weight excluding hydrogens is 306 g/mol. The molecule has 21 heavy (non-hydrogen) atoms. The molecule has 2 N–H and O–H groups in total. The second-order valence-electron chi connectivity index (χ2n) is 4.49. The number of carbonyl (C=O) groups is 1. The van der Waals surface area contributed by atoms with Gasteiger partial charge in [-0.2, -0.15) is 0 Å². The van der Waals surface area contributed by atoms with E-state index in [2.05, 4.69) is 0 Å². The lowest BCUT2D eigenvalue weighted by molar-refractivity contribution is 0.0478.